The lowest BCUT2D eigenvalue weighted by Gasteiger charge is -2.09. The van der Waals surface area contributed by atoms with Gasteiger partial charge in [-0.1, -0.05) is 5.16 Å². The highest BCUT2D eigenvalue weighted by Gasteiger charge is 2.33. The van der Waals surface area contributed by atoms with E-state index in [2.05, 4.69) is 5.16 Å². The zero-order chi connectivity index (χ0) is 15.9. The second-order valence-electron chi connectivity index (χ2n) is 5.34. The summed E-state index contributed by atoms with van der Waals surface area (Å²) in [6.07, 6.45) is 4.33. The van der Waals surface area contributed by atoms with E-state index in [0.29, 0.717) is 17.1 Å². The van der Waals surface area contributed by atoms with Crippen LogP contribution in [0.5, 0.6) is 5.75 Å². The summed E-state index contributed by atoms with van der Waals surface area (Å²) in [6.45, 7) is 0. The number of aromatic nitrogens is 1. The quantitative estimate of drug-likeness (QED) is 0.785. The van der Waals surface area contributed by atoms with Crippen LogP contribution in [0.15, 0.2) is 33.8 Å². The first-order chi connectivity index (χ1) is 10.4. The third kappa shape index (κ3) is 2.64. The van der Waals surface area contributed by atoms with Crippen molar-refractivity contribution in [2.24, 2.45) is 0 Å². The third-order valence-corrected chi connectivity index (χ3v) is 4.76. The molecule has 0 N–H and O–H groups in total. The van der Waals surface area contributed by atoms with Gasteiger partial charge < -0.3 is 9.26 Å². The van der Waals surface area contributed by atoms with Crippen molar-refractivity contribution in [3.05, 3.63) is 41.3 Å². The van der Waals surface area contributed by atoms with E-state index in [1.54, 1.807) is 6.07 Å². The summed E-state index contributed by atoms with van der Waals surface area (Å²) < 4.78 is 34.2. The van der Waals surface area contributed by atoms with Crippen molar-refractivity contribution in [2.45, 2.75) is 23.7 Å². The number of ketones is 1. The van der Waals surface area contributed by atoms with Gasteiger partial charge in [0.05, 0.1) is 23.8 Å². The maximum absolute atomic E-state index is 12.7. The normalized spacial score (nSPS) is 14.8. The van der Waals surface area contributed by atoms with Crippen molar-refractivity contribution in [1.29, 1.82) is 0 Å². The zero-order valence-corrected chi connectivity index (χ0v) is 13.0. The predicted octanol–water partition coefficient (Wildman–Crippen LogP) is 2.20. The molecule has 0 saturated heterocycles. The van der Waals surface area contributed by atoms with Gasteiger partial charge in [0.25, 0.3) is 0 Å². The van der Waals surface area contributed by atoms with E-state index >= 15 is 0 Å². The average Bonchev–Trinajstić information content (AvgIpc) is 3.22. The molecule has 22 heavy (non-hydrogen) atoms. The van der Waals surface area contributed by atoms with Crippen molar-refractivity contribution in [1.82, 2.24) is 5.16 Å². The van der Waals surface area contributed by atoms with Gasteiger partial charge in [-0.15, -0.1) is 0 Å². The van der Waals surface area contributed by atoms with Gasteiger partial charge in [0, 0.05) is 17.7 Å². The van der Waals surface area contributed by atoms with Gasteiger partial charge in [-0.2, -0.15) is 0 Å². The van der Waals surface area contributed by atoms with Gasteiger partial charge in [0.2, 0.25) is 0 Å². The van der Waals surface area contributed by atoms with Gasteiger partial charge in [-0.25, -0.2) is 8.42 Å². The number of hydrogen-bond acceptors (Lipinski definition) is 6. The van der Waals surface area contributed by atoms with Crippen LogP contribution in [0.3, 0.4) is 0 Å². The van der Waals surface area contributed by atoms with Crippen LogP contribution < -0.4 is 4.74 Å². The fraction of sp³-hybridized carbons (Fsp3) is 0.333. The minimum Gasteiger partial charge on any atom is -0.497 e. The summed E-state index contributed by atoms with van der Waals surface area (Å²) in [5.74, 6) is 0.734. The molecule has 2 aromatic rings. The van der Waals surface area contributed by atoms with Crippen LogP contribution >= 0.6 is 0 Å². The second kappa shape index (κ2) is 5.24. The first-order valence-electron chi connectivity index (χ1n) is 6.79. The van der Waals surface area contributed by atoms with Gasteiger partial charge in [0.1, 0.15) is 5.75 Å². The summed E-state index contributed by atoms with van der Waals surface area (Å²) in [5.41, 5.74) is 0.436. The fourth-order valence-corrected chi connectivity index (χ4v) is 3.22. The van der Waals surface area contributed by atoms with Crippen molar-refractivity contribution in [3.8, 4) is 5.75 Å². The molecule has 0 bridgehead atoms. The molecule has 116 valence electrons. The number of sulfone groups is 1. The highest BCUT2D eigenvalue weighted by molar-refractivity contribution is 7.90. The Morgan fingerprint density at radius 3 is 2.64 bits per heavy atom. The molecule has 1 heterocycles. The Balaban J connectivity index is 2.11. The largest absolute Gasteiger partial charge is 0.497 e. The van der Waals surface area contributed by atoms with E-state index < -0.39 is 15.6 Å². The second-order valence-corrected chi connectivity index (χ2v) is 7.33. The summed E-state index contributed by atoms with van der Waals surface area (Å²) in [6, 6.07) is 4.38. The summed E-state index contributed by atoms with van der Waals surface area (Å²) in [5, 5.41) is 3.69. The van der Waals surface area contributed by atoms with Gasteiger partial charge in [0.15, 0.2) is 21.4 Å². The highest BCUT2D eigenvalue weighted by Crippen LogP contribution is 2.42. The Hall–Kier alpha value is -2.15. The topological polar surface area (TPSA) is 86.5 Å². The average molecular weight is 321 g/mol. The van der Waals surface area contributed by atoms with Crippen molar-refractivity contribution < 1.29 is 22.5 Å². The van der Waals surface area contributed by atoms with E-state index in [1.807, 2.05) is 0 Å². The molecule has 6 nitrogen and oxygen atoms in total. The van der Waals surface area contributed by atoms with Crippen LogP contribution in [-0.2, 0) is 9.84 Å². The molecule has 0 unspecified atom stereocenters. The fourth-order valence-electron chi connectivity index (χ4n) is 2.33. The molecule has 1 fully saturated rings. The maximum Gasteiger partial charge on any atom is 0.199 e. The molecular formula is C15H15NO5S. The molecule has 1 aromatic heterocycles. The molecule has 0 amide bonds. The first-order valence-corrected chi connectivity index (χ1v) is 8.68. The van der Waals surface area contributed by atoms with Crippen LogP contribution in [-0.4, -0.2) is 32.7 Å². The third-order valence-electron chi connectivity index (χ3n) is 3.62. The molecule has 7 heteroatoms. The smallest absolute Gasteiger partial charge is 0.199 e. The van der Waals surface area contributed by atoms with Gasteiger partial charge in [-0.05, 0) is 31.0 Å². The Kier molecular flexibility index (Phi) is 3.52. The van der Waals surface area contributed by atoms with Crippen LogP contribution in [0.25, 0.3) is 0 Å². The summed E-state index contributed by atoms with van der Waals surface area (Å²) >= 11 is 0. The molecule has 1 aromatic carbocycles. The number of carbonyl (C=O) groups is 1. The van der Waals surface area contributed by atoms with Crippen LogP contribution in [0.1, 0.15) is 40.4 Å². The molecule has 0 spiro atoms. The highest BCUT2D eigenvalue weighted by atomic mass is 32.2. The molecule has 0 radical (unpaired) electrons. The van der Waals surface area contributed by atoms with Gasteiger partial charge >= 0.3 is 0 Å². The van der Waals surface area contributed by atoms with Crippen molar-refractivity contribution in [2.75, 3.05) is 13.4 Å². The maximum atomic E-state index is 12.7. The molecular weight excluding hydrogens is 306 g/mol. The molecule has 1 saturated carbocycles. The molecule has 0 atom stereocenters. The minimum absolute atomic E-state index is 0.0557. The van der Waals surface area contributed by atoms with Crippen molar-refractivity contribution >= 4 is 15.6 Å². The number of benzene rings is 1. The Morgan fingerprint density at radius 2 is 2.05 bits per heavy atom. The Bertz CT molecular complexity index is 833. The monoisotopic (exact) mass is 321 g/mol. The molecule has 0 aliphatic heterocycles. The van der Waals surface area contributed by atoms with E-state index in [4.69, 9.17) is 9.26 Å². The number of methoxy groups -OCH3 is 1. The standard InChI is InChI=1S/C15H15NO5S/c1-20-10-5-6-11(13(7-10)22(2,18)19)14(17)12-8-16-21-15(12)9-3-4-9/h5-9H,3-4H2,1-2H3. The summed E-state index contributed by atoms with van der Waals surface area (Å²) in [4.78, 5) is 12.7. The van der Waals surface area contributed by atoms with Crippen LogP contribution in [0, 0.1) is 0 Å². The van der Waals surface area contributed by atoms with E-state index in [-0.39, 0.29) is 16.4 Å². The lowest BCUT2D eigenvalue weighted by Crippen LogP contribution is -2.10. The number of nitrogens with zero attached hydrogens (tertiary/aromatic N) is 1. The number of ether oxygens (including phenoxy) is 1. The van der Waals surface area contributed by atoms with Crippen molar-refractivity contribution in [3.63, 3.8) is 0 Å². The van der Waals surface area contributed by atoms with Crippen LogP contribution in [0.4, 0.5) is 0 Å². The van der Waals surface area contributed by atoms with E-state index in [9.17, 15) is 13.2 Å². The van der Waals surface area contributed by atoms with Gasteiger partial charge in [-0.3, -0.25) is 4.79 Å². The molecule has 3 rings (SSSR count). The lowest BCUT2D eigenvalue weighted by molar-refractivity contribution is 0.103. The molecule has 1 aliphatic rings. The zero-order valence-electron chi connectivity index (χ0n) is 12.2. The Labute approximate surface area is 128 Å². The van der Waals surface area contributed by atoms with Crippen LogP contribution in [0.2, 0.25) is 0 Å². The predicted molar refractivity (Wildman–Crippen MR) is 78.0 cm³/mol. The Morgan fingerprint density at radius 1 is 1.32 bits per heavy atom. The molecule has 1 aliphatic carbocycles. The lowest BCUT2D eigenvalue weighted by atomic mass is 10.0. The number of carbonyl (C=O) groups excluding carboxylic acids is 1. The summed E-state index contributed by atoms with van der Waals surface area (Å²) in [7, 11) is -2.13. The minimum atomic E-state index is -3.57. The number of rotatable bonds is 5. The van der Waals surface area contributed by atoms with E-state index in [0.717, 1.165) is 19.1 Å². The SMILES string of the molecule is COc1ccc(C(=O)c2cnoc2C2CC2)c(S(C)(=O)=O)c1. The number of hydrogen-bond donors (Lipinski definition) is 0. The first kappa shape index (κ1) is 14.8. The van der Waals surface area contributed by atoms with E-state index in [1.165, 1.54) is 25.4 Å².